The van der Waals surface area contributed by atoms with Gasteiger partial charge < -0.3 is 19.6 Å². The van der Waals surface area contributed by atoms with Crippen LogP contribution in [0.4, 0.5) is 0 Å². The zero-order valence-corrected chi connectivity index (χ0v) is 27.7. The van der Waals surface area contributed by atoms with Crippen LogP contribution >= 0.6 is 90.4 Å². The summed E-state index contributed by atoms with van der Waals surface area (Å²) in [6.07, 6.45) is 0.562. The number of aromatic hydroxyl groups is 1. The normalized spacial score (nSPS) is 12.9. The second-order valence-corrected chi connectivity index (χ2v) is 15.6. The summed E-state index contributed by atoms with van der Waals surface area (Å²) < 4.78 is 15.2. The van der Waals surface area contributed by atoms with E-state index in [0.717, 1.165) is 25.6 Å². The lowest BCUT2D eigenvalue weighted by molar-refractivity contribution is -0.136. The summed E-state index contributed by atoms with van der Waals surface area (Å²) in [5, 5.41) is 13.3. The summed E-state index contributed by atoms with van der Waals surface area (Å²) >= 11 is 8.71. The van der Waals surface area contributed by atoms with Gasteiger partial charge in [0.05, 0.1) is 14.3 Å². The molecule has 0 aliphatic carbocycles. The highest BCUT2D eigenvalue weighted by Gasteiger charge is 2.23. The van der Waals surface area contributed by atoms with Gasteiger partial charge in [-0.05, 0) is 138 Å². The molecule has 0 bridgehead atoms. The number of rotatable bonds is 8. The second kappa shape index (κ2) is 12.4. The first-order valence-corrected chi connectivity index (χ1v) is 15.2. The van der Waals surface area contributed by atoms with E-state index in [0.29, 0.717) is 18.7 Å². The van der Waals surface area contributed by atoms with Crippen LogP contribution in [0.3, 0.4) is 0 Å². The number of phenolic OH excluding ortho intramolecular Hbond substituents is 1. The van der Waals surface area contributed by atoms with E-state index in [1.165, 1.54) is 0 Å². The van der Waals surface area contributed by atoms with Crippen LogP contribution in [0, 0.1) is 14.3 Å². The molecular weight excluding hydrogens is 866 g/mol. The molecule has 2 aromatic carbocycles. The third-order valence-corrected chi connectivity index (χ3v) is 8.63. The first-order valence-electron chi connectivity index (χ1n) is 9.65. The highest BCUT2D eigenvalue weighted by Crippen LogP contribution is 2.37. The molecule has 0 saturated carbocycles. The Labute approximate surface area is 240 Å². The fourth-order valence-corrected chi connectivity index (χ4v) is 7.26. The Morgan fingerprint density at radius 1 is 1.06 bits per heavy atom. The van der Waals surface area contributed by atoms with Crippen molar-refractivity contribution in [3.63, 3.8) is 0 Å². The third-order valence-electron chi connectivity index (χ3n) is 4.09. The maximum atomic E-state index is 12.7. The molecular formula is C21H25I4NO4Si. The Morgan fingerprint density at radius 2 is 1.61 bits per heavy atom. The molecule has 0 heterocycles. The van der Waals surface area contributed by atoms with Gasteiger partial charge in [0.15, 0.2) is 5.75 Å². The Bertz CT molecular complexity index is 903. The largest absolute Gasteiger partial charge is 0.523 e. The molecule has 1 atom stereocenters. The van der Waals surface area contributed by atoms with E-state index < -0.39 is 9.76 Å². The van der Waals surface area contributed by atoms with E-state index in [2.05, 4.69) is 116 Å². The predicted molar refractivity (Wildman–Crippen MR) is 161 cm³/mol. The molecule has 0 radical (unpaired) electrons. The second-order valence-electron chi connectivity index (χ2n) is 8.21. The van der Waals surface area contributed by atoms with E-state index in [1.807, 2.05) is 31.2 Å². The van der Waals surface area contributed by atoms with Gasteiger partial charge in [0.2, 0.25) is 9.76 Å². The van der Waals surface area contributed by atoms with Crippen molar-refractivity contribution in [1.82, 2.24) is 5.32 Å². The molecule has 0 amide bonds. The smallest absolute Gasteiger partial charge is 0.309 e. The molecule has 0 fully saturated rings. The van der Waals surface area contributed by atoms with Crippen molar-refractivity contribution >= 4 is 106 Å². The molecule has 31 heavy (non-hydrogen) atoms. The van der Waals surface area contributed by atoms with Crippen molar-refractivity contribution in [1.29, 1.82) is 0 Å². The van der Waals surface area contributed by atoms with Crippen LogP contribution in [0.25, 0.3) is 0 Å². The van der Waals surface area contributed by atoms with E-state index in [-0.39, 0.29) is 22.8 Å². The van der Waals surface area contributed by atoms with E-state index in [9.17, 15) is 9.90 Å². The predicted octanol–water partition coefficient (Wildman–Crippen LogP) is 5.97. The van der Waals surface area contributed by atoms with E-state index in [4.69, 9.17) is 9.16 Å². The molecule has 0 spiro atoms. The standard InChI is InChI=1S/C21H25I4NO4Si/c1-5-26-17(20(28)30-31-21(2,3)4)8-11-6-15(24)19(16(25)7-11)29-12-9-13(22)18(27)14(23)10-12/h6-7,9-10,17,26-27H,5,8,31H2,1-4H3. The molecule has 0 saturated heterocycles. The summed E-state index contributed by atoms with van der Waals surface area (Å²) in [4.78, 5) is 12.7. The maximum Gasteiger partial charge on any atom is 0.309 e. The van der Waals surface area contributed by atoms with Crippen LogP contribution in [0.1, 0.15) is 33.3 Å². The molecule has 170 valence electrons. The lowest BCUT2D eigenvalue weighted by atomic mass is 10.1. The number of carbonyl (C=O) groups is 1. The Hall–Kier alpha value is 0.607. The van der Waals surface area contributed by atoms with E-state index >= 15 is 0 Å². The number of hydrogen-bond donors (Lipinski definition) is 2. The van der Waals surface area contributed by atoms with Crippen LogP contribution in [-0.4, -0.2) is 33.4 Å². The summed E-state index contributed by atoms with van der Waals surface area (Å²) in [6, 6.07) is 7.36. The molecule has 10 heteroatoms. The zero-order valence-electron chi connectivity index (χ0n) is 17.7. The minimum absolute atomic E-state index is 0.0695. The molecule has 2 N–H and O–H groups in total. The minimum atomic E-state index is -0.944. The quantitative estimate of drug-likeness (QED) is 0.253. The van der Waals surface area contributed by atoms with Gasteiger partial charge in [-0.1, -0.05) is 27.7 Å². The molecule has 2 aromatic rings. The monoisotopic (exact) mass is 891 g/mol. The third kappa shape index (κ3) is 8.72. The van der Waals surface area contributed by atoms with Crippen molar-refractivity contribution < 1.29 is 19.1 Å². The molecule has 0 aliphatic heterocycles. The van der Waals surface area contributed by atoms with Crippen molar-refractivity contribution in [2.45, 2.75) is 45.2 Å². The summed E-state index contributed by atoms with van der Waals surface area (Å²) in [5.74, 6) is 1.55. The number of ether oxygens (including phenoxy) is 1. The van der Waals surface area contributed by atoms with Crippen LogP contribution in [0.2, 0.25) is 5.04 Å². The summed E-state index contributed by atoms with van der Waals surface area (Å²) in [6.45, 7) is 9.01. The lowest BCUT2D eigenvalue weighted by Crippen LogP contribution is -2.41. The highest BCUT2D eigenvalue weighted by molar-refractivity contribution is 14.1. The van der Waals surface area contributed by atoms with Crippen molar-refractivity contribution in [2.24, 2.45) is 0 Å². The molecule has 2 rings (SSSR count). The number of halogens is 4. The molecule has 0 aromatic heterocycles. The van der Waals surface area contributed by atoms with Gasteiger partial charge >= 0.3 is 5.97 Å². The van der Waals surface area contributed by atoms with Gasteiger partial charge in [-0.2, -0.15) is 0 Å². The Balaban J connectivity index is 2.20. The number of carbonyl (C=O) groups excluding carboxylic acids is 1. The topological polar surface area (TPSA) is 67.8 Å². The van der Waals surface area contributed by atoms with Gasteiger partial charge in [0.25, 0.3) is 0 Å². The average Bonchev–Trinajstić information content (AvgIpc) is 2.66. The van der Waals surface area contributed by atoms with E-state index in [1.54, 1.807) is 0 Å². The van der Waals surface area contributed by atoms with Crippen LogP contribution in [0.5, 0.6) is 17.2 Å². The van der Waals surface area contributed by atoms with Gasteiger partial charge in [-0.3, -0.25) is 4.79 Å². The Kier molecular flexibility index (Phi) is 11.1. The van der Waals surface area contributed by atoms with Gasteiger partial charge in [0.1, 0.15) is 17.5 Å². The average molecular weight is 891 g/mol. The fourth-order valence-electron chi connectivity index (χ4n) is 2.66. The summed E-state index contributed by atoms with van der Waals surface area (Å²) in [7, 11) is -0.944. The van der Waals surface area contributed by atoms with Gasteiger partial charge in [-0.15, -0.1) is 0 Å². The molecule has 1 unspecified atom stereocenters. The summed E-state index contributed by atoms with van der Waals surface area (Å²) in [5.41, 5.74) is 1.05. The maximum absolute atomic E-state index is 12.7. The fraction of sp³-hybridized carbons (Fsp3) is 0.381. The number of phenols is 1. The minimum Gasteiger partial charge on any atom is -0.523 e. The highest BCUT2D eigenvalue weighted by atomic mass is 127. The van der Waals surface area contributed by atoms with Crippen LogP contribution in [-0.2, 0) is 15.6 Å². The number of benzene rings is 2. The first-order chi connectivity index (χ1) is 14.4. The first kappa shape index (κ1) is 27.8. The number of hydrogen-bond acceptors (Lipinski definition) is 5. The Morgan fingerprint density at radius 3 is 2.10 bits per heavy atom. The van der Waals surface area contributed by atoms with Crippen molar-refractivity contribution in [3.8, 4) is 17.2 Å². The molecule has 5 nitrogen and oxygen atoms in total. The van der Waals surface area contributed by atoms with Crippen molar-refractivity contribution in [2.75, 3.05) is 6.54 Å². The van der Waals surface area contributed by atoms with Crippen LogP contribution < -0.4 is 10.1 Å². The van der Waals surface area contributed by atoms with Gasteiger partial charge in [-0.25, -0.2) is 0 Å². The molecule has 0 aliphatic rings. The van der Waals surface area contributed by atoms with Crippen LogP contribution in [0.15, 0.2) is 24.3 Å². The van der Waals surface area contributed by atoms with Crippen molar-refractivity contribution in [3.05, 3.63) is 44.1 Å². The number of nitrogens with one attached hydrogen (secondary N) is 1. The lowest BCUT2D eigenvalue weighted by Gasteiger charge is -2.22. The zero-order chi connectivity index (χ0) is 23.3. The van der Waals surface area contributed by atoms with Gasteiger partial charge in [0, 0.05) is 0 Å². The SMILES string of the molecule is CCNC(Cc1cc(I)c(Oc2cc(I)c(O)c(I)c2)c(I)c1)C(=O)O[SiH2]C(C)(C)C. The number of likely N-dealkylation sites (N-methyl/N-ethyl adjacent to an activating group) is 1.